The second-order valence-corrected chi connectivity index (χ2v) is 5.02. The lowest BCUT2D eigenvalue weighted by atomic mass is 10.0. The standard InChI is InChI=1S/C15H25N3O2/c1-4-15(2,20-3)14(19)18(10-6-8-16)12-13-7-5-9-17-11-13/h5,7,9,11H,4,6,8,10,12,16H2,1-3H3. The number of rotatable bonds is 8. The van der Waals surface area contributed by atoms with Crippen LogP contribution in [0.1, 0.15) is 32.3 Å². The van der Waals surface area contributed by atoms with Crippen molar-refractivity contribution in [2.45, 2.75) is 38.8 Å². The molecule has 1 aromatic rings. The minimum absolute atomic E-state index is 0.000182. The van der Waals surface area contributed by atoms with Gasteiger partial charge in [-0.3, -0.25) is 9.78 Å². The molecule has 0 saturated carbocycles. The second kappa shape index (κ2) is 7.97. The van der Waals surface area contributed by atoms with Crippen LogP contribution in [0, 0.1) is 0 Å². The summed E-state index contributed by atoms with van der Waals surface area (Å²) in [5, 5.41) is 0. The third kappa shape index (κ3) is 4.28. The highest BCUT2D eigenvalue weighted by Gasteiger charge is 2.34. The van der Waals surface area contributed by atoms with E-state index in [-0.39, 0.29) is 5.91 Å². The Balaban J connectivity index is 2.85. The first-order valence-corrected chi connectivity index (χ1v) is 7.01. The zero-order valence-corrected chi connectivity index (χ0v) is 12.6. The van der Waals surface area contributed by atoms with Gasteiger partial charge in [0.2, 0.25) is 0 Å². The molecule has 0 aliphatic rings. The molecule has 0 bridgehead atoms. The lowest BCUT2D eigenvalue weighted by molar-refractivity contribution is -0.154. The van der Waals surface area contributed by atoms with E-state index in [2.05, 4.69) is 4.98 Å². The fourth-order valence-electron chi connectivity index (χ4n) is 1.96. The molecule has 0 spiro atoms. The molecule has 0 aliphatic heterocycles. The Morgan fingerprint density at radius 2 is 2.30 bits per heavy atom. The highest BCUT2D eigenvalue weighted by Crippen LogP contribution is 2.19. The van der Waals surface area contributed by atoms with Crippen molar-refractivity contribution in [2.75, 3.05) is 20.2 Å². The smallest absolute Gasteiger partial charge is 0.254 e. The molecule has 1 amide bonds. The molecule has 5 heteroatoms. The van der Waals surface area contributed by atoms with E-state index in [0.717, 1.165) is 12.0 Å². The Bertz CT molecular complexity index is 405. The third-order valence-corrected chi connectivity index (χ3v) is 3.59. The molecule has 0 saturated heterocycles. The molecule has 2 N–H and O–H groups in total. The molecule has 0 aliphatic carbocycles. The molecule has 1 heterocycles. The first kappa shape index (κ1) is 16.6. The van der Waals surface area contributed by atoms with Gasteiger partial charge in [-0.1, -0.05) is 13.0 Å². The number of methoxy groups -OCH3 is 1. The summed E-state index contributed by atoms with van der Waals surface area (Å²) in [7, 11) is 1.58. The van der Waals surface area contributed by atoms with E-state index in [9.17, 15) is 4.79 Å². The van der Waals surface area contributed by atoms with Gasteiger partial charge in [-0.15, -0.1) is 0 Å². The van der Waals surface area contributed by atoms with Gasteiger partial charge in [0, 0.05) is 32.6 Å². The largest absolute Gasteiger partial charge is 0.369 e. The van der Waals surface area contributed by atoms with Crippen LogP contribution in [-0.2, 0) is 16.1 Å². The topological polar surface area (TPSA) is 68.5 Å². The number of carbonyl (C=O) groups is 1. The van der Waals surface area contributed by atoms with Gasteiger partial charge in [-0.25, -0.2) is 0 Å². The lowest BCUT2D eigenvalue weighted by Crippen LogP contribution is -2.48. The van der Waals surface area contributed by atoms with Crippen molar-refractivity contribution in [3.05, 3.63) is 30.1 Å². The van der Waals surface area contributed by atoms with Crippen LogP contribution < -0.4 is 5.73 Å². The Labute approximate surface area is 121 Å². The Hall–Kier alpha value is -1.46. The van der Waals surface area contributed by atoms with Crippen LogP contribution >= 0.6 is 0 Å². The Morgan fingerprint density at radius 3 is 2.80 bits per heavy atom. The van der Waals surface area contributed by atoms with Gasteiger partial charge >= 0.3 is 0 Å². The van der Waals surface area contributed by atoms with Crippen LogP contribution in [0.5, 0.6) is 0 Å². The van der Waals surface area contributed by atoms with Crippen LogP contribution in [0.3, 0.4) is 0 Å². The van der Waals surface area contributed by atoms with E-state index in [4.69, 9.17) is 10.5 Å². The van der Waals surface area contributed by atoms with Crippen LogP contribution in [0.4, 0.5) is 0 Å². The number of hydrogen-bond donors (Lipinski definition) is 1. The van der Waals surface area contributed by atoms with E-state index in [1.165, 1.54) is 0 Å². The zero-order chi connectivity index (χ0) is 15.0. The van der Waals surface area contributed by atoms with E-state index < -0.39 is 5.60 Å². The highest BCUT2D eigenvalue weighted by molar-refractivity contribution is 5.84. The maximum absolute atomic E-state index is 12.7. The second-order valence-electron chi connectivity index (χ2n) is 5.02. The van der Waals surface area contributed by atoms with Crippen LogP contribution in [-0.4, -0.2) is 41.6 Å². The van der Waals surface area contributed by atoms with Crippen molar-refractivity contribution < 1.29 is 9.53 Å². The summed E-state index contributed by atoms with van der Waals surface area (Å²) in [4.78, 5) is 18.6. The Morgan fingerprint density at radius 1 is 1.55 bits per heavy atom. The van der Waals surface area contributed by atoms with Crippen molar-refractivity contribution in [3.8, 4) is 0 Å². The molecular weight excluding hydrogens is 254 g/mol. The number of aromatic nitrogens is 1. The first-order chi connectivity index (χ1) is 9.57. The van der Waals surface area contributed by atoms with E-state index in [1.54, 1.807) is 24.4 Å². The zero-order valence-electron chi connectivity index (χ0n) is 12.6. The minimum atomic E-state index is -0.781. The van der Waals surface area contributed by atoms with Gasteiger partial charge in [0.1, 0.15) is 5.60 Å². The van der Waals surface area contributed by atoms with E-state index in [0.29, 0.717) is 26.1 Å². The molecule has 0 fully saturated rings. The third-order valence-electron chi connectivity index (χ3n) is 3.59. The van der Waals surface area contributed by atoms with Gasteiger partial charge < -0.3 is 15.4 Å². The van der Waals surface area contributed by atoms with Crippen molar-refractivity contribution in [2.24, 2.45) is 5.73 Å². The number of ether oxygens (including phenoxy) is 1. The predicted molar refractivity (Wildman–Crippen MR) is 79.0 cm³/mol. The van der Waals surface area contributed by atoms with Gasteiger partial charge in [-0.05, 0) is 37.9 Å². The average Bonchev–Trinajstić information content (AvgIpc) is 2.50. The summed E-state index contributed by atoms with van der Waals surface area (Å²) < 4.78 is 5.41. The van der Waals surface area contributed by atoms with Gasteiger partial charge in [-0.2, -0.15) is 0 Å². The summed E-state index contributed by atoms with van der Waals surface area (Å²) in [6.45, 7) is 5.50. The molecular formula is C15H25N3O2. The monoisotopic (exact) mass is 279 g/mol. The summed E-state index contributed by atoms with van der Waals surface area (Å²) in [5.41, 5.74) is 5.79. The van der Waals surface area contributed by atoms with Gasteiger partial charge in [0.05, 0.1) is 0 Å². The molecule has 1 atom stereocenters. The molecule has 1 rings (SSSR count). The van der Waals surface area contributed by atoms with Crippen molar-refractivity contribution in [1.82, 2.24) is 9.88 Å². The maximum atomic E-state index is 12.7. The molecule has 0 aromatic carbocycles. The highest BCUT2D eigenvalue weighted by atomic mass is 16.5. The van der Waals surface area contributed by atoms with Gasteiger partial charge in [0.15, 0.2) is 0 Å². The number of nitrogens with two attached hydrogens (primary N) is 1. The SMILES string of the molecule is CCC(C)(OC)C(=O)N(CCCN)Cc1cccnc1. The van der Waals surface area contributed by atoms with Crippen molar-refractivity contribution >= 4 is 5.91 Å². The van der Waals surface area contributed by atoms with Gasteiger partial charge in [0.25, 0.3) is 5.91 Å². The lowest BCUT2D eigenvalue weighted by Gasteiger charge is -2.33. The van der Waals surface area contributed by atoms with Crippen LogP contribution in [0.2, 0.25) is 0 Å². The molecule has 1 unspecified atom stereocenters. The Kier molecular flexibility index (Phi) is 6.61. The quantitative estimate of drug-likeness (QED) is 0.784. The number of pyridine rings is 1. The maximum Gasteiger partial charge on any atom is 0.254 e. The summed E-state index contributed by atoms with van der Waals surface area (Å²) in [6, 6.07) is 3.84. The summed E-state index contributed by atoms with van der Waals surface area (Å²) in [6.07, 6.45) is 4.91. The van der Waals surface area contributed by atoms with E-state index in [1.807, 2.05) is 26.0 Å². The summed E-state index contributed by atoms with van der Waals surface area (Å²) >= 11 is 0. The number of carbonyl (C=O) groups excluding carboxylic acids is 1. The van der Waals surface area contributed by atoms with Crippen molar-refractivity contribution in [1.29, 1.82) is 0 Å². The number of nitrogens with zero attached hydrogens (tertiary/aromatic N) is 2. The van der Waals surface area contributed by atoms with Crippen molar-refractivity contribution in [3.63, 3.8) is 0 Å². The minimum Gasteiger partial charge on any atom is -0.369 e. The first-order valence-electron chi connectivity index (χ1n) is 7.01. The van der Waals surface area contributed by atoms with Crippen LogP contribution in [0.25, 0.3) is 0 Å². The average molecular weight is 279 g/mol. The normalized spacial score (nSPS) is 13.8. The number of hydrogen-bond acceptors (Lipinski definition) is 4. The molecule has 20 heavy (non-hydrogen) atoms. The predicted octanol–water partition coefficient (Wildman–Crippen LogP) is 1.57. The molecule has 1 aromatic heterocycles. The fraction of sp³-hybridized carbons (Fsp3) is 0.600. The summed E-state index contributed by atoms with van der Waals surface area (Å²) in [5.74, 6) is -0.000182. The molecule has 5 nitrogen and oxygen atoms in total. The molecule has 0 radical (unpaired) electrons. The van der Waals surface area contributed by atoms with Crippen LogP contribution in [0.15, 0.2) is 24.5 Å². The fourth-order valence-corrected chi connectivity index (χ4v) is 1.96. The van der Waals surface area contributed by atoms with E-state index >= 15 is 0 Å². The number of amides is 1. The molecule has 112 valence electrons.